The van der Waals surface area contributed by atoms with E-state index in [1.54, 1.807) is 0 Å². The van der Waals surface area contributed by atoms with Crippen molar-refractivity contribution in [2.45, 2.75) is 31.3 Å². The number of carbonyl (C=O) groups excluding carboxylic acids is 1. The Kier molecular flexibility index (Phi) is 2.57. The summed E-state index contributed by atoms with van der Waals surface area (Å²) in [5.74, 6) is -0.340. The standard InChI is InChI=1S/C9H15NO4/c1-4(12)9-8(13)7(5-2-10-5)6(3-11)14-9/h5-11,13H,2-3H2,1H3/t5?,6-,7?,8?,9?/m0/s1. The van der Waals surface area contributed by atoms with Gasteiger partial charge in [0, 0.05) is 18.5 Å². The molecule has 5 heteroatoms. The molecule has 0 aromatic rings. The van der Waals surface area contributed by atoms with E-state index < -0.39 is 18.3 Å². The minimum absolute atomic E-state index is 0.149. The average Bonchev–Trinajstić information content (AvgIpc) is 2.90. The summed E-state index contributed by atoms with van der Waals surface area (Å²) in [6.07, 6.45) is -1.97. The summed E-state index contributed by atoms with van der Waals surface area (Å²) in [5, 5.41) is 22.0. The van der Waals surface area contributed by atoms with Crippen molar-refractivity contribution < 1.29 is 19.7 Å². The number of carbonyl (C=O) groups is 1. The molecule has 14 heavy (non-hydrogen) atoms. The van der Waals surface area contributed by atoms with Crippen molar-refractivity contribution in [2.75, 3.05) is 13.2 Å². The Morgan fingerprint density at radius 2 is 2.29 bits per heavy atom. The molecule has 4 unspecified atom stereocenters. The fourth-order valence-electron chi connectivity index (χ4n) is 2.12. The number of aliphatic hydroxyl groups excluding tert-OH is 2. The summed E-state index contributed by atoms with van der Waals surface area (Å²) >= 11 is 0. The van der Waals surface area contributed by atoms with Crippen molar-refractivity contribution in [1.82, 2.24) is 5.32 Å². The third kappa shape index (κ3) is 1.56. The molecule has 2 aliphatic heterocycles. The molecule has 2 aliphatic rings. The van der Waals surface area contributed by atoms with Crippen LogP contribution in [0, 0.1) is 5.92 Å². The Morgan fingerprint density at radius 3 is 2.71 bits per heavy atom. The van der Waals surface area contributed by atoms with Crippen LogP contribution in [0.15, 0.2) is 0 Å². The average molecular weight is 201 g/mol. The minimum atomic E-state index is -0.787. The molecule has 0 spiro atoms. The van der Waals surface area contributed by atoms with Crippen molar-refractivity contribution in [3.8, 4) is 0 Å². The van der Waals surface area contributed by atoms with Gasteiger partial charge < -0.3 is 20.3 Å². The SMILES string of the molecule is CC(=O)C1O[C@@H](CO)C(C2CN2)C1O. The highest BCUT2D eigenvalue weighted by atomic mass is 16.5. The van der Waals surface area contributed by atoms with Gasteiger partial charge in [-0.05, 0) is 6.92 Å². The van der Waals surface area contributed by atoms with Crippen molar-refractivity contribution in [3.63, 3.8) is 0 Å². The van der Waals surface area contributed by atoms with Gasteiger partial charge in [0.2, 0.25) is 0 Å². The summed E-state index contributed by atoms with van der Waals surface area (Å²) in [6, 6.07) is 0.187. The molecule has 0 amide bonds. The molecule has 5 atom stereocenters. The van der Waals surface area contributed by atoms with Crippen LogP contribution < -0.4 is 5.32 Å². The summed E-state index contributed by atoms with van der Waals surface area (Å²) < 4.78 is 5.31. The zero-order valence-corrected chi connectivity index (χ0v) is 8.01. The minimum Gasteiger partial charge on any atom is -0.394 e. The molecule has 2 fully saturated rings. The summed E-state index contributed by atoms with van der Waals surface area (Å²) in [5.41, 5.74) is 0. The van der Waals surface area contributed by atoms with Crippen molar-refractivity contribution in [2.24, 2.45) is 5.92 Å². The molecule has 5 nitrogen and oxygen atoms in total. The molecule has 0 saturated carbocycles. The van der Waals surface area contributed by atoms with Gasteiger partial charge in [-0.15, -0.1) is 0 Å². The summed E-state index contributed by atoms with van der Waals surface area (Å²) in [4.78, 5) is 11.1. The first-order valence-corrected chi connectivity index (χ1v) is 4.83. The number of Topliss-reactive ketones (excluding diaryl/α,β-unsaturated/α-hetero) is 1. The Bertz CT molecular complexity index is 241. The van der Waals surface area contributed by atoms with Gasteiger partial charge in [0.25, 0.3) is 0 Å². The molecule has 2 rings (SSSR count). The van der Waals surface area contributed by atoms with Crippen LogP contribution in [0.4, 0.5) is 0 Å². The third-order valence-electron chi connectivity index (χ3n) is 2.94. The topological polar surface area (TPSA) is 88.7 Å². The van der Waals surface area contributed by atoms with Crippen LogP contribution in [0.3, 0.4) is 0 Å². The zero-order valence-electron chi connectivity index (χ0n) is 8.01. The van der Waals surface area contributed by atoms with Crippen LogP contribution in [-0.4, -0.2) is 53.5 Å². The van der Waals surface area contributed by atoms with Gasteiger partial charge in [0.1, 0.15) is 6.10 Å². The molecule has 0 bridgehead atoms. The van der Waals surface area contributed by atoms with E-state index >= 15 is 0 Å². The van der Waals surface area contributed by atoms with Crippen molar-refractivity contribution >= 4 is 5.78 Å². The first kappa shape index (κ1) is 10.0. The summed E-state index contributed by atoms with van der Waals surface area (Å²) in [6.45, 7) is 2.07. The largest absolute Gasteiger partial charge is 0.394 e. The van der Waals surface area contributed by atoms with Gasteiger partial charge in [-0.25, -0.2) is 0 Å². The number of hydrogen-bond acceptors (Lipinski definition) is 5. The van der Waals surface area contributed by atoms with E-state index in [0.717, 1.165) is 6.54 Å². The van der Waals surface area contributed by atoms with E-state index in [4.69, 9.17) is 9.84 Å². The van der Waals surface area contributed by atoms with Gasteiger partial charge in [-0.1, -0.05) is 0 Å². The lowest BCUT2D eigenvalue weighted by Crippen LogP contribution is -2.36. The highest BCUT2D eigenvalue weighted by Gasteiger charge is 2.51. The number of nitrogens with one attached hydrogen (secondary N) is 1. The van der Waals surface area contributed by atoms with Crippen LogP contribution in [0.2, 0.25) is 0 Å². The molecule has 3 N–H and O–H groups in total. The third-order valence-corrected chi connectivity index (χ3v) is 2.94. The maximum absolute atomic E-state index is 11.1. The molecule has 0 aliphatic carbocycles. The quantitative estimate of drug-likeness (QED) is 0.473. The molecule has 0 aromatic carbocycles. The number of aliphatic hydroxyl groups is 2. The Hall–Kier alpha value is -0.490. The van der Waals surface area contributed by atoms with E-state index in [1.165, 1.54) is 6.92 Å². The van der Waals surface area contributed by atoms with Crippen LogP contribution in [-0.2, 0) is 9.53 Å². The maximum atomic E-state index is 11.1. The first-order chi connectivity index (χ1) is 6.65. The molecule has 80 valence electrons. The fraction of sp³-hybridized carbons (Fsp3) is 0.889. The molecule has 0 radical (unpaired) electrons. The monoisotopic (exact) mass is 201 g/mol. The predicted molar refractivity (Wildman–Crippen MR) is 47.7 cm³/mol. The van der Waals surface area contributed by atoms with Gasteiger partial charge in [0.15, 0.2) is 5.78 Å². The first-order valence-electron chi connectivity index (χ1n) is 4.83. The lowest BCUT2D eigenvalue weighted by Gasteiger charge is -2.16. The van der Waals surface area contributed by atoms with E-state index in [9.17, 15) is 9.90 Å². The van der Waals surface area contributed by atoms with Gasteiger partial charge in [-0.3, -0.25) is 4.79 Å². The second kappa shape index (κ2) is 3.58. The number of hydrogen-bond donors (Lipinski definition) is 3. The lowest BCUT2D eigenvalue weighted by atomic mass is 9.92. The van der Waals surface area contributed by atoms with Crippen LogP contribution in [0.1, 0.15) is 6.92 Å². The van der Waals surface area contributed by atoms with Gasteiger partial charge >= 0.3 is 0 Å². The molecular weight excluding hydrogens is 186 g/mol. The van der Waals surface area contributed by atoms with Gasteiger partial charge in [0.05, 0.1) is 18.8 Å². The zero-order chi connectivity index (χ0) is 10.3. The lowest BCUT2D eigenvalue weighted by molar-refractivity contribution is -0.131. The Morgan fingerprint density at radius 1 is 1.64 bits per heavy atom. The van der Waals surface area contributed by atoms with E-state index in [2.05, 4.69) is 5.32 Å². The fourth-order valence-corrected chi connectivity index (χ4v) is 2.12. The van der Waals surface area contributed by atoms with Gasteiger partial charge in [-0.2, -0.15) is 0 Å². The van der Waals surface area contributed by atoms with Crippen LogP contribution in [0.5, 0.6) is 0 Å². The highest BCUT2D eigenvalue weighted by molar-refractivity contribution is 5.81. The Balaban J connectivity index is 2.10. The van der Waals surface area contributed by atoms with Crippen molar-refractivity contribution in [3.05, 3.63) is 0 Å². The molecule has 0 aromatic heterocycles. The van der Waals surface area contributed by atoms with Crippen LogP contribution >= 0.6 is 0 Å². The summed E-state index contributed by atoms with van der Waals surface area (Å²) in [7, 11) is 0. The normalized spacial score (nSPS) is 46.6. The molecule has 2 saturated heterocycles. The second-order valence-corrected chi connectivity index (χ2v) is 3.97. The van der Waals surface area contributed by atoms with Crippen molar-refractivity contribution in [1.29, 1.82) is 0 Å². The van der Waals surface area contributed by atoms with E-state index in [-0.39, 0.29) is 24.3 Å². The predicted octanol–water partition coefficient (Wildman–Crippen LogP) is -1.72. The smallest absolute Gasteiger partial charge is 0.161 e. The maximum Gasteiger partial charge on any atom is 0.161 e. The van der Waals surface area contributed by atoms with Crippen LogP contribution in [0.25, 0.3) is 0 Å². The Labute approximate surface area is 82.1 Å². The molecular formula is C9H15NO4. The number of ether oxygens (including phenoxy) is 1. The van der Waals surface area contributed by atoms with E-state index in [0.29, 0.717) is 0 Å². The van der Waals surface area contributed by atoms with E-state index in [1.807, 2.05) is 0 Å². The highest BCUT2D eigenvalue weighted by Crippen LogP contribution is 2.33. The number of ketones is 1. The number of rotatable bonds is 3. The second-order valence-electron chi connectivity index (χ2n) is 3.97. The molecule has 2 heterocycles.